The second kappa shape index (κ2) is 9.13. The Balaban J connectivity index is 2.00. The quantitative estimate of drug-likeness (QED) is 0.644. The summed E-state index contributed by atoms with van der Waals surface area (Å²) in [7, 11) is 3.53. The van der Waals surface area contributed by atoms with Crippen LogP contribution in [-0.4, -0.2) is 72.4 Å². The van der Waals surface area contributed by atoms with Crippen molar-refractivity contribution in [3.8, 4) is 0 Å². The molecule has 1 aromatic rings. The Labute approximate surface area is 155 Å². The van der Waals surface area contributed by atoms with Crippen LogP contribution in [-0.2, 0) is 11.2 Å². The van der Waals surface area contributed by atoms with Crippen LogP contribution >= 0.6 is 11.8 Å². The second-order valence-electron chi connectivity index (χ2n) is 7.12. The van der Waals surface area contributed by atoms with Crippen LogP contribution in [0.4, 0.5) is 0 Å². The first-order valence-corrected chi connectivity index (χ1v) is 9.77. The number of nitrogens with one attached hydrogen (secondary N) is 1. The van der Waals surface area contributed by atoms with E-state index in [1.165, 1.54) is 5.56 Å². The molecular formula is C19H30N4OS. The zero-order valence-electron chi connectivity index (χ0n) is 15.8. The molecule has 25 heavy (non-hydrogen) atoms. The van der Waals surface area contributed by atoms with Gasteiger partial charge in [0.25, 0.3) is 0 Å². The molecule has 138 valence electrons. The second-order valence-corrected chi connectivity index (χ2v) is 8.92. The number of aliphatic imine (C=N–C) groups is 1. The third-order valence-electron chi connectivity index (χ3n) is 4.13. The summed E-state index contributed by atoms with van der Waals surface area (Å²) in [6.07, 6.45) is 0.938. The Kier molecular flexibility index (Phi) is 7.17. The predicted molar refractivity (Wildman–Crippen MR) is 107 cm³/mol. The molecule has 0 bridgehead atoms. The zero-order chi connectivity index (χ0) is 18.3. The molecule has 1 heterocycles. The fourth-order valence-electron chi connectivity index (χ4n) is 2.71. The van der Waals surface area contributed by atoms with Crippen molar-refractivity contribution in [2.24, 2.45) is 4.99 Å². The monoisotopic (exact) mass is 362 g/mol. The molecule has 6 heteroatoms. The lowest BCUT2D eigenvalue weighted by Crippen LogP contribution is -2.51. The Morgan fingerprint density at radius 3 is 2.68 bits per heavy atom. The Morgan fingerprint density at radius 1 is 1.32 bits per heavy atom. The molecule has 0 spiro atoms. The van der Waals surface area contributed by atoms with Gasteiger partial charge in [0.2, 0.25) is 5.91 Å². The molecule has 0 radical (unpaired) electrons. The lowest BCUT2D eigenvalue weighted by Gasteiger charge is -2.39. The molecular weight excluding hydrogens is 332 g/mol. The van der Waals surface area contributed by atoms with Crippen molar-refractivity contribution >= 4 is 23.6 Å². The van der Waals surface area contributed by atoms with Gasteiger partial charge in [0.1, 0.15) is 6.54 Å². The molecule has 1 aliphatic rings. The standard InChI is InChI=1S/C19H30N4OS/c1-19(2)15-23(12-13-25-19)18(21-14-17(24)22(3)4)20-11-10-16-8-6-5-7-9-16/h5-9H,10-15H2,1-4H3,(H,20,21). The number of thioether (sulfide) groups is 1. The van der Waals surface area contributed by atoms with Crippen molar-refractivity contribution in [2.75, 3.05) is 46.0 Å². The van der Waals surface area contributed by atoms with Gasteiger partial charge in [0.15, 0.2) is 5.96 Å². The summed E-state index contributed by atoms with van der Waals surface area (Å²) in [4.78, 5) is 20.4. The van der Waals surface area contributed by atoms with Gasteiger partial charge in [0, 0.05) is 44.2 Å². The van der Waals surface area contributed by atoms with Gasteiger partial charge < -0.3 is 15.1 Å². The Morgan fingerprint density at radius 2 is 2.04 bits per heavy atom. The van der Waals surface area contributed by atoms with Crippen LogP contribution in [0.5, 0.6) is 0 Å². The summed E-state index contributed by atoms with van der Waals surface area (Å²) in [5.41, 5.74) is 1.30. The summed E-state index contributed by atoms with van der Waals surface area (Å²) >= 11 is 1.99. The highest BCUT2D eigenvalue weighted by molar-refractivity contribution is 8.00. The fraction of sp³-hybridized carbons (Fsp3) is 0.579. The average molecular weight is 363 g/mol. The maximum atomic E-state index is 11.9. The molecule has 1 aromatic carbocycles. The van der Waals surface area contributed by atoms with Crippen LogP contribution in [0.1, 0.15) is 19.4 Å². The topological polar surface area (TPSA) is 47.9 Å². The predicted octanol–water partition coefficient (Wildman–Crippen LogP) is 2.09. The van der Waals surface area contributed by atoms with E-state index in [0.717, 1.165) is 37.8 Å². The van der Waals surface area contributed by atoms with Gasteiger partial charge in [-0.15, -0.1) is 0 Å². The van der Waals surface area contributed by atoms with Gasteiger partial charge in [-0.3, -0.25) is 4.79 Å². The zero-order valence-corrected chi connectivity index (χ0v) is 16.6. The lowest BCUT2D eigenvalue weighted by atomic mass is 10.1. The number of carbonyl (C=O) groups excluding carboxylic acids is 1. The van der Waals surface area contributed by atoms with Gasteiger partial charge in [-0.1, -0.05) is 30.3 Å². The van der Waals surface area contributed by atoms with Gasteiger partial charge >= 0.3 is 0 Å². The van der Waals surface area contributed by atoms with E-state index in [4.69, 9.17) is 0 Å². The first-order valence-electron chi connectivity index (χ1n) is 8.79. The van der Waals surface area contributed by atoms with Crippen molar-refractivity contribution < 1.29 is 4.79 Å². The molecule has 5 nitrogen and oxygen atoms in total. The van der Waals surface area contributed by atoms with Crippen LogP contribution < -0.4 is 5.32 Å². The minimum atomic E-state index is 0.0213. The van der Waals surface area contributed by atoms with Gasteiger partial charge in [0.05, 0.1) is 0 Å². The molecule has 1 aliphatic heterocycles. The highest BCUT2D eigenvalue weighted by atomic mass is 32.2. The molecule has 1 saturated heterocycles. The van der Waals surface area contributed by atoms with E-state index in [9.17, 15) is 4.79 Å². The number of amides is 1. The van der Waals surface area contributed by atoms with Crippen LogP contribution in [0.2, 0.25) is 0 Å². The first kappa shape index (κ1) is 19.6. The number of benzene rings is 1. The third-order valence-corrected chi connectivity index (χ3v) is 5.42. The number of carbonyl (C=O) groups is 1. The van der Waals surface area contributed by atoms with Crippen LogP contribution in [0, 0.1) is 0 Å². The number of guanidine groups is 1. The van der Waals surface area contributed by atoms with Gasteiger partial charge in [-0.25, -0.2) is 4.99 Å². The normalized spacial score (nSPS) is 17.3. The largest absolute Gasteiger partial charge is 0.356 e. The van der Waals surface area contributed by atoms with Crippen molar-refractivity contribution in [3.05, 3.63) is 35.9 Å². The molecule has 0 atom stereocenters. The van der Waals surface area contributed by atoms with E-state index in [1.54, 1.807) is 19.0 Å². The summed E-state index contributed by atoms with van der Waals surface area (Å²) in [5, 5.41) is 3.47. The molecule has 1 N–H and O–H groups in total. The average Bonchev–Trinajstić information content (AvgIpc) is 2.57. The summed E-state index contributed by atoms with van der Waals surface area (Å²) in [6, 6.07) is 10.4. The third kappa shape index (κ3) is 6.61. The van der Waals surface area contributed by atoms with Crippen LogP contribution in [0.3, 0.4) is 0 Å². The van der Waals surface area contributed by atoms with E-state index < -0.39 is 0 Å². The molecule has 2 rings (SSSR count). The van der Waals surface area contributed by atoms with E-state index in [2.05, 4.69) is 53.3 Å². The van der Waals surface area contributed by atoms with Crippen LogP contribution in [0.25, 0.3) is 0 Å². The van der Waals surface area contributed by atoms with Gasteiger partial charge in [-0.2, -0.15) is 11.8 Å². The summed E-state index contributed by atoms with van der Waals surface area (Å²) < 4.78 is 0.200. The number of hydrogen-bond acceptors (Lipinski definition) is 3. The van der Waals surface area contributed by atoms with E-state index in [0.29, 0.717) is 0 Å². The van der Waals surface area contributed by atoms with Crippen molar-refractivity contribution in [3.63, 3.8) is 0 Å². The van der Waals surface area contributed by atoms with Crippen LogP contribution in [0.15, 0.2) is 35.3 Å². The Bertz CT molecular complexity index is 586. The Hall–Kier alpha value is -1.69. The lowest BCUT2D eigenvalue weighted by molar-refractivity contribution is -0.127. The van der Waals surface area contributed by atoms with Crippen molar-refractivity contribution in [1.29, 1.82) is 0 Å². The highest BCUT2D eigenvalue weighted by Gasteiger charge is 2.28. The summed E-state index contributed by atoms with van der Waals surface area (Å²) in [5.74, 6) is 1.95. The maximum absolute atomic E-state index is 11.9. The number of hydrogen-bond donors (Lipinski definition) is 1. The molecule has 1 fully saturated rings. The van der Waals surface area contributed by atoms with E-state index >= 15 is 0 Å². The number of rotatable bonds is 5. The van der Waals surface area contributed by atoms with E-state index in [-0.39, 0.29) is 17.2 Å². The van der Waals surface area contributed by atoms with Gasteiger partial charge in [-0.05, 0) is 25.8 Å². The minimum absolute atomic E-state index is 0.0213. The maximum Gasteiger partial charge on any atom is 0.243 e. The number of nitrogens with zero attached hydrogens (tertiary/aromatic N) is 3. The molecule has 0 saturated carbocycles. The molecule has 1 amide bonds. The van der Waals surface area contributed by atoms with Crippen molar-refractivity contribution in [1.82, 2.24) is 15.1 Å². The number of likely N-dealkylation sites (N-methyl/N-ethyl adjacent to an activating group) is 1. The minimum Gasteiger partial charge on any atom is -0.356 e. The SMILES string of the molecule is CN(C)C(=O)CN=C(NCCc1ccccc1)N1CCSC(C)(C)C1. The molecule has 0 unspecified atom stereocenters. The highest BCUT2D eigenvalue weighted by Crippen LogP contribution is 2.29. The molecule has 0 aromatic heterocycles. The van der Waals surface area contributed by atoms with E-state index in [1.807, 2.05) is 17.8 Å². The smallest absolute Gasteiger partial charge is 0.243 e. The first-order chi connectivity index (χ1) is 11.9. The fourth-order valence-corrected chi connectivity index (χ4v) is 3.82. The van der Waals surface area contributed by atoms with Crippen molar-refractivity contribution in [2.45, 2.75) is 25.0 Å². The summed E-state index contributed by atoms with van der Waals surface area (Å²) in [6.45, 7) is 7.41. The molecule has 0 aliphatic carbocycles.